The normalized spacial score (nSPS) is 19.4. The van der Waals surface area contributed by atoms with Crippen LogP contribution in [0.3, 0.4) is 0 Å². The standard InChI is InChI=1S/C19H22FN3O2/c1-12-19(14-4-7-16(10-14)21-18(24)11-25-3)13(2)23(22-12)17-8-5-15(20)6-9-17/h4-9,14,16H,10-11H2,1-3H3,(H,21,24)/t14-,16+/m0/s1. The van der Waals surface area contributed by atoms with Crippen LogP contribution in [0.1, 0.15) is 29.3 Å². The highest BCUT2D eigenvalue weighted by molar-refractivity contribution is 5.77. The lowest BCUT2D eigenvalue weighted by Crippen LogP contribution is -2.35. The van der Waals surface area contributed by atoms with Crippen LogP contribution in [0, 0.1) is 19.7 Å². The molecule has 0 radical (unpaired) electrons. The van der Waals surface area contributed by atoms with Gasteiger partial charge < -0.3 is 10.1 Å². The van der Waals surface area contributed by atoms with E-state index in [2.05, 4.69) is 16.5 Å². The van der Waals surface area contributed by atoms with E-state index in [1.165, 1.54) is 19.2 Å². The van der Waals surface area contributed by atoms with Crippen LogP contribution in [-0.2, 0) is 9.53 Å². The quantitative estimate of drug-likeness (QED) is 0.850. The molecule has 25 heavy (non-hydrogen) atoms. The van der Waals surface area contributed by atoms with Gasteiger partial charge in [0.1, 0.15) is 12.4 Å². The van der Waals surface area contributed by atoms with Crippen molar-refractivity contribution >= 4 is 5.91 Å². The van der Waals surface area contributed by atoms with Crippen molar-refractivity contribution in [2.24, 2.45) is 0 Å². The number of methoxy groups -OCH3 is 1. The lowest BCUT2D eigenvalue weighted by Gasteiger charge is -2.14. The molecule has 0 aliphatic heterocycles. The Bertz CT molecular complexity index is 796. The molecule has 0 spiro atoms. The zero-order chi connectivity index (χ0) is 18.0. The van der Waals surface area contributed by atoms with Gasteiger partial charge in [0.25, 0.3) is 0 Å². The number of amides is 1. The number of aryl methyl sites for hydroxylation is 1. The summed E-state index contributed by atoms with van der Waals surface area (Å²) in [5, 5.41) is 7.57. The molecule has 3 rings (SSSR count). The molecule has 1 aromatic heterocycles. The average Bonchev–Trinajstić information content (AvgIpc) is 3.12. The third-order valence-corrected chi connectivity index (χ3v) is 4.49. The van der Waals surface area contributed by atoms with Gasteiger partial charge in [0, 0.05) is 30.3 Å². The number of hydrogen-bond donors (Lipinski definition) is 1. The summed E-state index contributed by atoms with van der Waals surface area (Å²) in [6, 6.07) is 6.30. The summed E-state index contributed by atoms with van der Waals surface area (Å²) in [4.78, 5) is 11.7. The van der Waals surface area contributed by atoms with Crippen LogP contribution in [0.25, 0.3) is 5.69 Å². The van der Waals surface area contributed by atoms with Gasteiger partial charge in [-0.1, -0.05) is 12.2 Å². The average molecular weight is 343 g/mol. The minimum atomic E-state index is -0.265. The molecule has 6 heteroatoms. The van der Waals surface area contributed by atoms with Gasteiger partial charge in [0.05, 0.1) is 11.4 Å². The molecule has 0 saturated carbocycles. The molecule has 132 valence electrons. The Morgan fingerprint density at radius 2 is 2.04 bits per heavy atom. The first kappa shape index (κ1) is 17.4. The predicted molar refractivity (Wildman–Crippen MR) is 93.3 cm³/mol. The summed E-state index contributed by atoms with van der Waals surface area (Å²) in [5.74, 6) is -0.186. The van der Waals surface area contributed by atoms with Crippen LogP contribution in [0.5, 0.6) is 0 Å². The first-order valence-corrected chi connectivity index (χ1v) is 8.28. The van der Waals surface area contributed by atoms with Crippen LogP contribution >= 0.6 is 0 Å². The van der Waals surface area contributed by atoms with Gasteiger partial charge in [0.15, 0.2) is 0 Å². The molecule has 5 nitrogen and oxygen atoms in total. The molecule has 0 saturated heterocycles. The second-order valence-electron chi connectivity index (χ2n) is 6.31. The van der Waals surface area contributed by atoms with Crippen molar-refractivity contribution in [1.29, 1.82) is 0 Å². The van der Waals surface area contributed by atoms with Gasteiger partial charge in [-0.3, -0.25) is 4.79 Å². The number of allylic oxidation sites excluding steroid dienone is 1. The highest BCUT2D eigenvalue weighted by atomic mass is 19.1. The Hall–Kier alpha value is -2.47. The molecule has 1 aromatic carbocycles. The Morgan fingerprint density at radius 1 is 1.32 bits per heavy atom. The zero-order valence-electron chi connectivity index (χ0n) is 14.6. The lowest BCUT2D eigenvalue weighted by atomic mass is 9.96. The number of rotatable bonds is 5. The van der Waals surface area contributed by atoms with Gasteiger partial charge in [-0.15, -0.1) is 0 Å². The summed E-state index contributed by atoms with van der Waals surface area (Å²) in [6.45, 7) is 4.06. The number of nitrogens with zero attached hydrogens (tertiary/aromatic N) is 2. The van der Waals surface area contributed by atoms with Gasteiger partial charge in [0.2, 0.25) is 5.91 Å². The number of carbonyl (C=O) groups is 1. The number of ether oxygens (including phenoxy) is 1. The summed E-state index contributed by atoms with van der Waals surface area (Å²) in [7, 11) is 1.50. The zero-order valence-corrected chi connectivity index (χ0v) is 14.6. The fourth-order valence-electron chi connectivity index (χ4n) is 3.42. The van der Waals surface area contributed by atoms with Crippen LogP contribution in [0.15, 0.2) is 36.4 Å². The third kappa shape index (κ3) is 3.64. The number of benzene rings is 1. The maximum absolute atomic E-state index is 13.2. The van der Waals surface area contributed by atoms with Crippen LogP contribution in [0.4, 0.5) is 4.39 Å². The van der Waals surface area contributed by atoms with Crippen LogP contribution in [0.2, 0.25) is 0 Å². The number of hydrogen-bond acceptors (Lipinski definition) is 3. The fourth-order valence-corrected chi connectivity index (χ4v) is 3.42. The van der Waals surface area contributed by atoms with Crippen LogP contribution in [-0.4, -0.2) is 35.4 Å². The van der Waals surface area contributed by atoms with E-state index < -0.39 is 0 Å². The summed E-state index contributed by atoms with van der Waals surface area (Å²) < 4.78 is 19.8. The molecule has 0 bridgehead atoms. The predicted octanol–water partition coefficient (Wildman–Crippen LogP) is 2.80. The molecular weight excluding hydrogens is 321 g/mol. The van der Waals surface area contributed by atoms with E-state index in [1.54, 1.807) is 12.1 Å². The first-order chi connectivity index (χ1) is 12.0. The van der Waals surface area contributed by atoms with E-state index in [-0.39, 0.29) is 30.3 Å². The lowest BCUT2D eigenvalue weighted by molar-refractivity contribution is -0.125. The van der Waals surface area contributed by atoms with Gasteiger partial charge in [-0.2, -0.15) is 5.10 Å². The molecule has 2 aromatic rings. The molecule has 0 fully saturated rings. The smallest absolute Gasteiger partial charge is 0.246 e. The molecule has 1 aliphatic carbocycles. The number of halogens is 1. The first-order valence-electron chi connectivity index (χ1n) is 8.28. The van der Waals surface area contributed by atoms with Crippen molar-refractivity contribution in [2.45, 2.75) is 32.2 Å². The molecule has 2 atom stereocenters. The van der Waals surface area contributed by atoms with E-state index >= 15 is 0 Å². The van der Waals surface area contributed by atoms with E-state index in [0.717, 1.165) is 29.1 Å². The van der Waals surface area contributed by atoms with Crippen molar-refractivity contribution in [2.75, 3.05) is 13.7 Å². The van der Waals surface area contributed by atoms with Gasteiger partial charge in [-0.05, 0) is 44.5 Å². The SMILES string of the molecule is COCC(=O)N[C@@H]1C=C[C@H](c2c(C)nn(-c3ccc(F)cc3)c2C)C1. The second-order valence-corrected chi connectivity index (χ2v) is 6.31. The number of aromatic nitrogens is 2. The highest BCUT2D eigenvalue weighted by Crippen LogP contribution is 2.33. The third-order valence-electron chi connectivity index (χ3n) is 4.49. The summed E-state index contributed by atoms with van der Waals surface area (Å²) in [5.41, 5.74) is 3.97. The maximum atomic E-state index is 13.2. The van der Waals surface area contributed by atoms with Crippen LogP contribution < -0.4 is 5.32 Å². The summed E-state index contributed by atoms with van der Waals surface area (Å²) >= 11 is 0. The molecule has 1 aliphatic rings. The maximum Gasteiger partial charge on any atom is 0.246 e. The van der Waals surface area contributed by atoms with Crippen molar-refractivity contribution in [3.05, 3.63) is 59.2 Å². The second kappa shape index (κ2) is 7.19. The molecular formula is C19H22FN3O2. The van der Waals surface area contributed by atoms with E-state index in [1.807, 2.05) is 24.6 Å². The minimum absolute atomic E-state index is 0.000575. The Balaban J connectivity index is 1.79. The minimum Gasteiger partial charge on any atom is -0.375 e. The Kier molecular flexibility index (Phi) is 4.99. The van der Waals surface area contributed by atoms with E-state index in [0.29, 0.717) is 0 Å². The Morgan fingerprint density at radius 3 is 2.72 bits per heavy atom. The van der Waals surface area contributed by atoms with Crippen molar-refractivity contribution in [3.8, 4) is 5.69 Å². The molecule has 1 N–H and O–H groups in total. The van der Waals surface area contributed by atoms with Gasteiger partial charge >= 0.3 is 0 Å². The fraction of sp³-hybridized carbons (Fsp3) is 0.368. The van der Waals surface area contributed by atoms with E-state index in [4.69, 9.17) is 4.74 Å². The number of carbonyl (C=O) groups excluding carboxylic acids is 1. The van der Waals surface area contributed by atoms with Gasteiger partial charge in [-0.25, -0.2) is 9.07 Å². The Labute approximate surface area is 146 Å². The number of nitrogens with one attached hydrogen (secondary N) is 1. The topological polar surface area (TPSA) is 56.1 Å². The van der Waals surface area contributed by atoms with Crippen molar-refractivity contribution < 1.29 is 13.9 Å². The highest BCUT2D eigenvalue weighted by Gasteiger charge is 2.26. The van der Waals surface area contributed by atoms with Crippen molar-refractivity contribution in [1.82, 2.24) is 15.1 Å². The van der Waals surface area contributed by atoms with E-state index in [9.17, 15) is 9.18 Å². The largest absolute Gasteiger partial charge is 0.375 e. The molecule has 1 amide bonds. The molecule has 1 heterocycles. The molecule has 0 unspecified atom stereocenters. The van der Waals surface area contributed by atoms with Crippen molar-refractivity contribution in [3.63, 3.8) is 0 Å². The monoisotopic (exact) mass is 343 g/mol. The summed E-state index contributed by atoms with van der Waals surface area (Å²) in [6.07, 6.45) is 4.93.